The number of rotatable bonds is 40. The molecule has 2 aliphatic rings. The van der Waals surface area contributed by atoms with Gasteiger partial charge in [0.05, 0.1) is 120 Å². The third kappa shape index (κ3) is 24.7. The largest absolute Gasteiger partial charge is 0.505 e. The first-order valence-electron chi connectivity index (χ1n) is 37.8. The molecular weight excluding hydrogens is 1980 g/mol. The molecule has 0 aliphatic carbocycles. The van der Waals surface area contributed by atoms with Crippen LogP contribution in [-0.4, -0.2) is 187 Å². The highest BCUT2D eigenvalue weighted by Gasteiger charge is 2.43. The maximum atomic E-state index is 13.3. The molecule has 0 aromatic heterocycles. The topological polar surface area (TPSA) is 812 Å². The van der Waals surface area contributed by atoms with Gasteiger partial charge in [-0.15, -0.1) is 43.7 Å². The third-order valence-corrected chi connectivity index (χ3v) is 22.9. The molecule has 14 N–H and O–H groups in total. The number of fused-ring (bicyclic) bond motifs is 2. The number of aliphatic hydroxyl groups is 2. The number of methoxy groups -OCH3 is 1. The van der Waals surface area contributed by atoms with E-state index in [4.69, 9.17) is 30.0 Å². The Hall–Kier alpha value is -15.8. The van der Waals surface area contributed by atoms with Crippen molar-refractivity contribution in [3.05, 3.63) is 207 Å². The number of aliphatic carboxylic acids is 2. The number of phenols is 2. The van der Waals surface area contributed by atoms with Crippen LogP contribution in [0.25, 0.3) is 21.5 Å². The molecular formula is C77H59N19O37S6. The second-order valence-corrected chi connectivity index (χ2v) is 33.7. The lowest BCUT2D eigenvalue weighted by molar-refractivity contribution is -0.432. The van der Waals surface area contributed by atoms with Crippen LogP contribution in [0.1, 0.15) is 15.9 Å². The number of amides is 2. The highest BCUT2D eigenvalue weighted by molar-refractivity contribution is 7.95. The summed E-state index contributed by atoms with van der Waals surface area (Å²) in [6.07, 6.45) is 0. The molecule has 11 aromatic rings. The molecule has 13 rings (SSSR count). The SMILES string of the molecule is COc1cc(N=Nc2ccc([N+](=O)[O-])c(C(=O)O)c2)c(C)cc1N=Nc1c(SOOO)cc2cc(N=NC3C(=O)N(c4ccc(S(=O)(=O)O)cc4)N=C3C(=O)O)ccc2c1O.O=C(O)C1=NN(c2ccc(S(=O)(=O)O)cc2)C(=O)C1N=Nc1ccc2c(O)c(N=Nc3cc(OCCO)c(N=Nc4ccc(Nc5ccc(SOOO)cc5[N+](=O)[O-])cc4S(=O)(=O)O)cc3OCCO)c(SOOO)cc2c1. The molecule has 0 radical (unpaired) electrons. The number of carbonyl (C=O) groups is 5. The van der Waals surface area contributed by atoms with Gasteiger partial charge in [-0.2, -0.15) is 76.2 Å². The molecule has 0 saturated heterocycles. The van der Waals surface area contributed by atoms with Gasteiger partial charge in [-0.05, 0) is 169 Å². The highest BCUT2D eigenvalue weighted by atomic mass is 32.2. The van der Waals surface area contributed by atoms with Gasteiger partial charge in [0.1, 0.15) is 80.7 Å². The van der Waals surface area contributed by atoms with E-state index in [9.17, 15) is 119 Å². The van der Waals surface area contributed by atoms with Crippen molar-refractivity contribution in [2.75, 3.05) is 48.9 Å². The van der Waals surface area contributed by atoms with Gasteiger partial charge >= 0.3 is 17.9 Å². The predicted molar refractivity (Wildman–Crippen MR) is 476 cm³/mol. The number of phenolic OH excluding ortho intramolecular Hbond substituents is 2. The summed E-state index contributed by atoms with van der Waals surface area (Å²) in [7, 11) is -12.9. The lowest BCUT2D eigenvalue weighted by Crippen LogP contribution is -2.33. The Morgan fingerprint density at radius 1 is 0.475 bits per heavy atom. The van der Waals surface area contributed by atoms with Gasteiger partial charge in [0, 0.05) is 51.7 Å². The molecule has 720 valence electrons. The van der Waals surface area contributed by atoms with E-state index in [0.29, 0.717) is 51.7 Å². The number of aryl methyl sites for hydroxylation is 1. The first-order valence-corrected chi connectivity index (χ1v) is 44.3. The maximum absolute atomic E-state index is 13.3. The first-order chi connectivity index (χ1) is 66.2. The number of nitro groups is 2. The van der Waals surface area contributed by atoms with Gasteiger partial charge in [0.25, 0.3) is 53.5 Å². The number of azo groups is 6. The summed E-state index contributed by atoms with van der Waals surface area (Å²) in [6, 6.07) is 31.3. The molecule has 0 spiro atoms. The lowest BCUT2D eigenvalue weighted by atomic mass is 10.1. The Morgan fingerprint density at radius 2 is 0.914 bits per heavy atom. The number of aromatic hydroxyl groups is 2. The molecule has 62 heteroatoms. The van der Waals surface area contributed by atoms with Crippen LogP contribution in [0, 0.1) is 27.2 Å². The second kappa shape index (κ2) is 44.8. The summed E-state index contributed by atoms with van der Waals surface area (Å²) >= 11 is 1.21. The Labute approximate surface area is 787 Å². The summed E-state index contributed by atoms with van der Waals surface area (Å²) in [5, 5.41) is 193. The molecule has 0 saturated carbocycles. The van der Waals surface area contributed by atoms with Gasteiger partial charge in [0.15, 0.2) is 22.9 Å². The Kier molecular flexibility index (Phi) is 32.9. The summed E-state index contributed by atoms with van der Waals surface area (Å²) in [5.41, 5.74) is -3.72. The Morgan fingerprint density at radius 3 is 1.35 bits per heavy atom. The number of benzene rings is 11. The van der Waals surface area contributed by atoms with E-state index < -0.39 is 155 Å². The minimum absolute atomic E-state index is 0.0100. The van der Waals surface area contributed by atoms with Crippen LogP contribution in [0.4, 0.5) is 91.0 Å². The van der Waals surface area contributed by atoms with Crippen LogP contribution in [0.2, 0.25) is 0 Å². The average Bonchev–Trinajstić information content (AvgIpc) is 1.77. The van der Waals surface area contributed by atoms with Crippen molar-refractivity contribution in [1.29, 1.82) is 0 Å². The molecule has 2 amide bonds. The molecule has 2 aliphatic heterocycles. The van der Waals surface area contributed by atoms with Crippen LogP contribution in [0.5, 0.6) is 28.7 Å². The zero-order valence-corrected chi connectivity index (χ0v) is 74.2. The van der Waals surface area contributed by atoms with Crippen molar-refractivity contribution < 1.29 is 167 Å². The summed E-state index contributed by atoms with van der Waals surface area (Å²) in [5.74, 6) is -7.86. The number of carboxylic acids is 3. The van der Waals surface area contributed by atoms with E-state index in [-0.39, 0.29) is 141 Å². The standard InChI is InChI=1S/C42H34N10O22S4.C35H25N9O15S2/c53-11-13-69-33-20-31(34(70-14-12-54)19-30(33)46-45-29-9-2-22(17-36(29)78(66,67)68)43-28-10-5-25(75-73-71-61)18-32(28)52(59)60)47-48-37-35(76-74-72-62)16-21-15-23(1-8-27(21)40(37)55)44-49-38-39(42(57)58)50-51(41(38)56)24-3-6-26(7-4-24)77(63,64)65;1-16-11-25(27(57-2)15-24(16)38-36-19-4-10-26(44(51)52)23(14-19)34(47)48)39-40-29-28(60-59-58-53)13-17-12-18(3-9-22(17)32(29)45)37-41-30-31(35(49)50)42-43(33(30)46)20-5-7-21(8-6-20)61(54,55)56/h1-10,15-20,38,43,53-55,61-62H,11-14H2,(H,57,58)(H,63,64,65)(H,66,67,68);3-15,30,45,53H,1-2H3,(H,47,48)(H,49,50)(H,54,55,56). The normalized spacial score (nSPS) is 14.2. The van der Waals surface area contributed by atoms with Crippen molar-refractivity contribution in [3.8, 4) is 28.7 Å². The number of carbonyl (C=O) groups excluding carboxylic acids is 2. The molecule has 139 heavy (non-hydrogen) atoms. The van der Waals surface area contributed by atoms with Gasteiger partial charge < -0.3 is 55.3 Å². The second-order valence-electron chi connectivity index (χ2n) is 27.2. The minimum atomic E-state index is -5.08. The van der Waals surface area contributed by atoms with Crippen LogP contribution in [-0.2, 0) is 77.6 Å². The van der Waals surface area contributed by atoms with E-state index in [1.54, 1.807) is 6.92 Å². The van der Waals surface area contributed by atoms with Crippen molar-refractivity contribution in [2.45, 2.75) is 48.4 Å². The van der Waals surface area contributed by atoms with E-state index in [1.165, 1.54) is 104 Å². The maximum Gasteiger partial charge on any atom is 0.355 e. The van der Waals surface area contributed by atoms with Crippen molar-refractivity contribution >= 4 is 220 Å². The average molecular weight is 2030 g/mol. The zero-order chi connectivity index (χ0) is 100. The van der Waals surface area contributed by atoms with Gasteiger partial charge in [0.2, 0.25) is 12.1 Å². The van der Waals surface area contributed by atoms with Gasteiger partial charge in [-0.1, -0.05) is 15.1 Å². The fourth-order valence-electron chi connectivity index (χ4n) is 12.3. The summed E-state index contributed by atoms with van der Waals surface area (Å²) < 4.78 is 130. The predicted octanol–water partition coefficient (Wildman–Crippen LogP) is 16.0. The van der Waals surface area contributed by atoms with Crippen molar-refractivity contribution in [3.63, 3.8) is 0 Å². The number of nitrogens with one attached hydrogen (secondary N) is 1. The molecule has 56 nitrogen and oxygen atoms in total. The van der Waals surface area contributed by atoms with Crippen LogP contribution in [0.3, 0.4) is 0 Å². The number of carboxylic acid groups (broad SMARTS) is 3. The Bertz CT molecular complexity index is 7370. The number of hydrogen-bond donors (Lipinski definition) is 14. The molecule has 2 atom stereocenters. The number of nitrogens with zero attached hydrogens (tertiary/aromatic N) is 18. The first kappa shape index (κ1) is 102. The molecule has 0 bridgehead atoms. The van der Waals surface area contributed by atoms with Crippen LogP contribution in [0.15, 0.2) is 277 Å². The third-order valence-electron chi connectivity index (χ3n) is 18.5. The van der Waals surface area contributed by atoms with Crippen LogP contribution >= 0.6 is 36.1 Å². The van der Waals surface area contributed by atoms with Gasteiger partial charge in [-0.3, -0.25) is 43.5 Å². The summed E-state index contributed by atoms with van der Waals surface area (Å²) in [4.78, 5) is 81.9. The smallest absolute Gasteiger partial charge is 0.355 e. The lowest BCUT2D eigenvalue weighted by Gasteiger charge is -2.13. The van der Waals surface area contributed by atoms with E-state index in [1.807, 2.05) is 0 Å². The highest BCUT2D eigenvalue weighted by Crippen LogP contribution is 2.50. The number of hydrogen-bond acceptors (Lipinski definition) is 49. The van der Waals surface area contributed by atoms with Crippen LogP contribution < -0.4 is 29.5 Å². The Balaban J connectivity index is 0.000000257. The number of nitro benzene ring substituents is 2. The zero-order valence-electron chi connectivity index (χ0n) is 69.3. The number of anilines is 4. The fourth-order valence-corrected chi connectivity index (χ4v) is 15.3. The number of aromatic carboxylic acids is 1. The van der Waals surface area contributed by atoms with Crippen molar-refractivity contribution in [1.82, 2.24) is 0 Å². The summed E-state index contributed by atoms with van der Waals surface area (Å²) in [6.45, 7) is -0.121. The number of hydrazone groups is 2. The van der Waals surface area contributed by atoms with E-state index >= 15 is 0 Å². The van der Waals surface area contributed by atoms with Gasteiger partial charge in [-0.25, -0.2) is 30.2 Å². The fraction of sp³-hybridized carbons (Fsp3) is 0.104. The monoisotopic (exact) mass is 2030 g/mol. The molecule has 2 heterocycles. The minimum Gasteiger partial charge on any atom is -0.505 e. The van der Waals surface area contributed by atoms with E-state index in [0.717, 1.165) is 78.9 Å². The quantitative estimate of drug-likeness (QED) is 0.00423. The molecule has 0 fully saturated rings. The van der Waals surface area contributed by atoms with E-state index in [2.05, 4.69) is 105 Å². The molecule has 2 unspecified atom stereocenters. The molecule has 11 aromatic carbocycles. The van der Waals surface area contributed by atoms with Crippen molar-refractivity contribution in [2.24, 2.45) is 71.6 Å². The number of ether oxygens (including phenoxy) is 3. The number of aliphatic hydroxyl groups excluding tert-OH is 2.